The summed E-state index contributed by atoms with van der Waals surface area (Å²) in [7, 11) is 0. The van der Waals surface area contributed by atoms with E-state index in [1.165, 1.54) is 10.8 Å². The second-order valence-electron chi connectivity index (χ2n) is 5.84. The Labute approximate surface area is 162 Å². The number of fused-ring (bicyclic) bond motifs is 1. The molecule has 7 nitrogen and oxygen atoms in total. The zero-order chi connectivity index (χ0) is 18.8. The van der Waals surface area contributed by atoms with Gasteiger partial charge in [-0.2, -0.15) is 5.10 Å². The van der Waals surface area contributed by atoms with Gasteiger partial charge in [-0.3, -0.25) is 14.2 Å². The van der Waals surface area contributed by atoms with E-state index in [1.807, 2.05) is 30.3 Å². The molecule has 2 aromatic carbocycles. The molecule has 0 atom stereocenters. The van der Waals surface area contributed by atoms with Crippen LogP contribution in [0.25, 0.3) is 16.7 Å². The number of rotatable bonds is 4. The maximum atomic E-state index is 12.6. The molecule has 0 radical (unpaired) electrons. The van der Waals surface area contributed by atoms with Crippen molar-refractivity contribution < 1.29 is 4.79 Å². The Hall–Kier alpha value is -3.26. The van der Waals surface area contributed by atoms with Crippen molar-refractivity contribution in [2.45, 2.75) is 6.54 Å². The fourth-order valence-corrected chi connectivity index (χ4v) is 3.11. The molecule has 8 heteroatoms. The molecule has 2 aromatic heterocycles. The first kappa shape index (κ1) is 17.2. The normalized spacial score (nSPS) is 10.9. The maximum absolute atomic E-state index is 12.6. The Kier molecular flexibility index (Phi) is 4.55. The summed E-state index contributed by atoms with van der Waals surface area (Å²) in [6, 6.07) is 14.5. The molecule has 0 aliphatic rings. The highest BCUT2D eigenvalue weighted by Crippen LogP contribution is 2.21. The largest absolute Gasteiger partial charge is 0.323 e. The molecule has 0 saturated carbocycles. The van der Waals surface area contributed by atoms with Crippen LogP contribution >= 0.6 is 15.9 Å². The number of hydrogen-bond acceptors (Lipinski definition) is 4. The van der Waals surface area contributed by atoms with Crippen LogP contribution in [0.15, 0.2) is 76.4 Å². The second-order valence-corrected chi connectivity index (χ2v) is 6.76. The van der Waals surface area contributed by atoms with E-state index in [0.717, 1.165) is 10.2 Å². The van der Waals surface area contributed by atoms with Crippen LogP contribution in [0.4, 0.5) is 5.69 Å². The summed E-state index contributed by atoms with van der Waals surface area (Å²) in [4.78, 5) is 29.0. The standard InChI is InChI=1S/C19H14BrN5O2/c20-13-9-22-25(11-13)17-8-4-2-6-15(17)23-18(26)12-24-16-7-3-1-5-14(16)21-10-19(24)27/h1-11H,12H2,(H,23,26). The SMILES string of the molecule is O=C(Cn1c(=O)cnc2ccccc21)Nc1ccccc1-n1cc(Br)cn1. The van der Waals surface area contributed by atoms with Gasteiger partial charge in [-0.05, 0) is 40.2 Å². The van der Waals surface area contributed by atoms with E-state index in [0.29, 0.717) is 16.7 Å². The molecule has 0 aliphatic carbocycles. The average molecular weight is 424 g/mol. The lowest BCUT2D eigenvalue weighted by Gasteiger charge is -2.13. The van der Waals surface area contributed by atoms with Crippen LogP contribution in [0.2, 0.25) is 0 Å². The number of nitrogens with zero attached hydrogens (tertiary/aromatic N) is 4. The molecule has 0 fully saturated rings. The Morgan fingerprint density at radius 2 is 1.85 bits per heavy atom. The summed E-state index contributed by atoms with van der Waals surface area (Å²) in [6.07, 6.45) is 4.69. The Balaban J connectivity index is 1.64. The van der Waals surface area contributed by atoms with Crippen molar-refractivity contribution in [1.29, 1.82) is 0 Å². The summed E-state index contributed by atoms with van der Waals surface area (Å²) in [6.45, 7) is -0.112. The molecule has 0 aliphatic heterocycles. The molecule has 1 N–H and O–H groups in total. The van der Waals surface area contributed by atoms with Crippen molar-refractivity contribution in [3.05, 3.63) is 81.9 Å². The number of halogens is 1. The fourth-order valence-electron chi connectivity index (χ4n) is 2.82. The van der Waals surface area contributed by atoms with Crippen molar-refractivity contribution in [3.8, 4) is 5.69 Å². The van der Waals surface area contributed by atoms with E-state index in [1.54, 1.807) is 35.3 Å². The Bertz CT molecular complexity index is 1200. The van der Waals surface area contributed by atoms with Crippen LogP contribution in [-0.2, 0) is 11.3 Å². The van der Waals surface area contributed by atoms with Gasteiger partial charge in [0.2, 0.25) is 5.91 Å². The third kappa shape index (κ3) is 3.52. The molecule has 2 heterocycles. The number of benzene rings is 2. The summed E-state index contributed by atoms with van der Waals surface area (Å²) >= 11 is 3.37. The van der Waals surface area contributed by atoms with E-state index < -0.39 is 0 Å². The van der Waals surface area contributed by atoms with E-state index in [2.05, 4.69) is 31.3 Å². The molecule has 4 aromatic rings. The van der Waals surface area contributed by atoms with Gasteiger partial charge >= 0.3 is 0 Å². The summed E-state index contributed by atoms with van der Waals surface area (Å²) < 4.78 is 3.90. The van der Waals surface area contributed by atoms with Crippen LogP contribution in [-0.4, -0.2) is 25.2 Å². The minimum absolute atomic E-state index is 0.112. The summed E-state index contributed by atoms with van der Waals surface area (Å²) in [5.74, 6) is -0.313. The van der Waals surface area contributed by atoms with Crippen molar-refractivity contribution in [2.24, 2.45) is 0 Å². The number of carbonyl (C=O) groups is 1. The lowest BCUT2D eigenvalue weighted by Crippen LogP contribution is -2.28. The maximum Gasteiger partial charge on any atom is 0.269 e. The topological polar surface area (TPSA) is 81.8 Å². The number of carbonyl (C=O) groups excluding carboxylic acids is 1. The van der Waals surface area contributed by atoms with Crippen LogP contribution < -0.4 is 10.9 Å². The van der Waals surface area contributed by atoms with Gasteiger partial charge in [0.25, 0.3) is 5.56 Å². The first-order valence-electron chi connectivity index (χ1n) is 8.16. The monoisotopic (exact) mass is 423 g/mol. The smallest absolute Gasteiger partial charge is 0.269 e. The Morgan fingerprint density at radius 3 is 2.67 bits per heavy atom. The van der Waals surface area contributed by atoms with Gasteiger partial charge in [0.15, 0.2) is 0 Å². The summed E-state index contributed by atoms with van der Waals surface area (Å²) in [5.41, 5.74) is 2.28. The molecule has 1 amide bonds. The third-order valence-corrected chi connectivity index (χ3v) is 4.44. The highest BCUT2D eigenvalue weighted by molar-refractivity contribution is 9.10. The van der Waals surface area contributed by atoms with Crippen molar-refractivity contribution >= 4 is 38.6 Å². The lowest BCUT2D eigenvalue weighted by molar-refractivity contribution is -0.116. The molecular formula is C19H14BrN5O2. The van der Waals surface area contributed by atoms with Crippen molar-refractivity contribution in [1.82, 2.24) is 19.3 Å². The number of amides is 1. The highest BCUT2D eigenvalue weighted by atomic mass is 79.9. The zero-order valence-electron chi connectivity index (χ0n) is 14.0. The van der Waals surface area contributed by atoms with E-state index in [-0.39, 0.29) is 18.0 Å². The first-order valence-corrected chi connectivity index (χ1v) is 8.95. The predicted molar refractivity (Wildman–Crippen MR) is 106 cm³/mol. The number of hydrogen-bond donors (Lipinski definition) is 1. The zero-order valence-corrected chi connectivity index (χ0v) is 15.6. The van der Waals surface area contributed by atoms with Crippen molar-refractivity contribution in [3.63, 3.8) is 0 Å². The highest BCUT2D eigenvalue weighted by Gasteiger charge is 2.12. The van der Waals surface area contributed by atoms with E-state index >= 15 is 0 Å². The third-order valence-electron chi connectivity index (χ3n) is 4.03. The van der Waals surface area contributed by atoms with E-state index in [9.17, 15) is 9.59 Å². The number of para-hydroxylation sites is 4. The quantitative estimate of drug-likeness (QED) is 0.546. The van der Waals surface area contributed by atoms with Gasteiger partial charge in [0, 0.05) is 6.20 Å². The molecule has 27 heavy (non-hydrogen) atoms. The predicted octanol–water partition coefficient (Wildman–Crippen LogP) is 2.98. The van der Waals surface area contributed by atoms with Gasteiger partial charge in [-0.1, -0.05) is 24.3 Å². The number of nitrogens with one attached hydrogen (secondary N) is 1. The van der Waals surface area contributed by atoms with Gasteiger partial charge < -0.3 is 5.32 Å². The molecule has 0 saturated heterocycles. The number of aromatic nitrogens is 4. The molecule has 0 unspecified atom stereocenters. The second kappa shape index (κ2) is 7.16. The van der Waals surface area contributed by atoms with Gasteiger partial charge in [0.1, 0.15) is 6.54 Å². The first-order chi connectivity index (χ1) is 13.1. The average Bonchev–Trinajstić information content (AvgIpc) is 3.11. The van der Waals surface area contributed by atoms with Crippen LogP contribution in [0.3, 0.4) is 0 Å². The van der Waals surface area contributed by atoms with Crippen molar-refractivity contribution in [2.75, 3.05) is 5.32 Å². The molecule has 0 bridgehead atoms. The van der Waals surface area contributed by atoms with Gasteiger partial charge in [-0.25, -0.2) is 9.67 Å². The minimum atomic E-state index is -0.326. The lowest BCUT2D eigenvalue weighted by atomic mass is 10.2. The van der Waals surface area contributed by atoms with Crippen LogP contribution in [0.1, 0.15) is 0 Å². The Morgan fingerprint density at radius 1 is 1.07 bits per heavy atom. The van der Waals surface area contributed by atoms with Crippen LogP contribution in [0, 0.1) is 0 Å². The molecule has 4 rings (SSSR count). The minimum Gasteiger partial charge on any atom is -0.323 e. The molecule has 134 valence electrons. The molecular weight excluding hydrogens is 410 g/mol. The summed E-state index contributed by atoms with van der Waals surface area (Å²) in [5, 5.41) is 7.11. The molecule has 0 spiro atoms. The van der Waals surface area contributed by atoms with Gasteiger partial charge in [0.05, 0.1) is 39.3 Å². The van der Waals surface area contributed by atoms with Crippen LogP contribution in [0.5, 0.6) is 0 Å². The van der Waals surface area contributed by atoms with Gasteiger partial charge in [-0.15, -0.1) is 0 Å². The van der Waals surface area contributed by atoms with E-state index in [4.69, 9.17) is 0 Å². The fraction of sp³-hybridized carbons (Fsp3) is 0.0526. The number of anilines is 1.